The summed E-state index contributed by atoms with van der Waals surface area (Å²) in [4.78, 5) is 21.9. The van der Waals surface area contributed by atoms with E-state index in [1.807, 2.05) is 30.3 Å². The summed E-state index contributed by atoms with van der Waals surface area (Å²) in [5.74, 6) is -1.73. The summed E-state index contributed by atoms with van der Waals surface area (Å²) in [5.41, 5.74) is 2.48. The van der Waals surface area contributed by atoms with Gasteiger partial charge in [-0.2, -0.15) is 13.2 Å². The molecule has 0 radical (unpaired) electrons. The van der Waals surface area contributed by atoms with Crippen molar-refractivity contribution in [2.75, 3.05) is 26.2 Å². The van der Waals surface area contributed by atoms with Gasteiger partial charge in [0.15, 0.2) is 0 Å². The van der Waals surface area contributed by atoms with Crippen molar-refractivity contribution in [1.82, 2.24) is 4.90 Å². The van der Waals surface area contributed by atoms with E-state index in [1.165, 1.54) is 5.56 Å². The lowest BCUT2D eigenvalue weighted by Crippen LogP contribution is -2.44. The number of carbonyl (C=O) groups is 2. The fraction of sp³-hybridized carbons (Fsp3) is 0.417. The van der Waals surface area contributed by atoms with Gasteiger partial charge in [0.1, 0.15) is 18.1 Å². The van der Waals surface area contributed by atoms with Crippen LogP contribution >= 0.6 is 0 Å². The van der Waals surface area contributed by atoms with Gasteiger partial charge >= 0.3 is 18.1 Å². The summed E-state index contributed by atoms with van der Waals surface area (Å²) in [6.45, 7) is 3.72. The Morgan fingerprint density at radius 3 is 2.29 bits per heavy atom. The van der Waals surface area contributed by atoms with Crippen LogP contribution in [0.4, 0.5) is 13.2 Å². The molecular weight excluding hydrogens is 455 g/mol. The first-order chi connectivity index (χ1) is 16.1. The Morgan fingerprint density at radius 2 is 1.71 bits per heavy atom. The second-order valence-corrected chi connectivity index (χ2v) is 8.29. The number of alkyl halides is 3. The van der Waals surface area contributed by atoms with Gasteiger partial charge in [0, 0.05) is 23.6 Å². The van der Waals surface area contributed by atoms with Crippen molar-refractivity contribution >= 4 is 11.9 Å². The lowest BCUT2D eigenvalue weighted by molar-refractivity contribution is -0.192. The molecule has 2 heterocycles. The third kappa shape index (κ3) is 6.63. The lowest BCUT2D eigenvalue weighted by Gasteiger charge is -2.38. The molecule has 2 aromatic carbocycles. The molecule has 1 saturated heterocycles. The number of nitrogens with zero attached hydrogens (tertiary/aromatic N) is 1. The Labute approximate surface area is 194 Å². The van der Waals surface area contributed by atoms with Gasteiger partial charge in [-0.1, -0.05) is 36.4 Å². The lowest BCUT2D eigenvalue weighted by atomic mass is 9.74. The Bertz CT molecular complexity index is 988. The number of likely N-dealkylation sites (tertiary alicyclic amines) is 1. The van der Waals surface area contributed by atoms with Gasteiger partial charge in [0.05, 0.1) is 13.0 Å². The first-order valence-electron chi connectivity index (χ1n) is 10.8. The largest absolute Gasteiger partial charge is 0.492 e. The van der Waals surface area contributed by atoms with E-state index in [-0.39, 0.29) is 11.8 Å². The number of hydrogen-bond donors (Lipinski definition) is 2. The van der Waals surface area contributed by atoms with Crippen molar-refractivity contribution in [2.45, 2.75) is 37.5 Å². The number of benzene rings is 2. The molecule has 7 nitrogen and oxygen atoms in total. The van der Waals surface area contributed by atoms with Crippen LogP contribution in [0.3, 0.4) is 0 Å². The molecule has 0 aromatic heterocycles. The highest BCUT2D eigenvalue weighted by Gasteiger charge is 2.43. The number of aliphatic carboxylic acids is 2. The van der Waals surface area contributed by atoms with E-state index in [0.29, 0.717) is 19.8 Å². The van der Waals surface area contributed by atoms with Crippen LogP contribution in [0, 0.1) is 0 Å². The topological polar surface area (TPSA) is 96.3 Å². The average molecular weight is 481 g/mol. The number of rotatable bonds is 6. The van der Waals surface area contributed by atoms with Gasteiger partial charge in [-0.15, -0.1) is 0 Å². The number of ether oxygens (including phenoxy) is 2. The fourth-order valence-corrected chi connectivity index (χ4v) is 4.06. The fourth-order valence-electron chi connectivity index (χ4n) is 4.06. The van der Waals surface area contributed by atoms with Gasteiger partial charge in [0.2, 0.25) is 0 Å². The Hall–Kier alpha value is -3.27. The van der Waals surface area contributed by atoms with Crippen molar-refractivity contribution in [1.29, 1.82) is 0 Å². The molecule has 1 fully saturated rings. The number of carboxylic acids is 2. The zero-order chi connectivity index (χ0) is 24.8. The zero-order valence-corrected chi connectivity index (χ0v) is 18.4. The highest BCUT2D eigenvalue weighted by Crippen LogP contribution is 2.46. The molecule has 0 unspecified atom stereocenters. The summed E-state index contributed by atoms with van der Waals surface area (Å²) in [7, 11) is 0. The van der Waals surface area contributed by atoms with Crippen molar-refractivity contribution in [3.8, 4) is 11.5 Å². The average Bonchev–Trinajstić information content (AvgIpc) is 3.15. The maximum atomic E-state index is 10.8. The monoisotopic (exact) mass is 481 g/mol. The molecule has 34 heavy (non-hydrogen) atoms. The zero-order valence-electron chi connectivity index (χ0n) is 18.4. The molecular formula is C24H26F3NO6. The second kappa shape index (κ2) is 10.8. The minimum atomic E-state index is -5.08. The number of carboxylic acid groups (broad SMARTS) is 2. The summed E-state index contributed by atoms with van der Waals surface area (Å²) in [6.07, 6.45) is -2.87. The molecule has 2 aromatic rings. The van der Waals surface area contributed by atoms with Gasteiger partial charge in [0.25, 0.3) is 0 Å². The molecule has 0 atom stereocenters. The van der Waals surface area contributed by atoms with Crippen LogP contribution in [-0.4, -0.2) is 59.5 Å². The molecule has 0 bridgehead atoms. The predicted molar refractivity (Wildman–Crippen MR) is 116 cm³/mol. The van der Waals surface area contributed by atoms with Crippen molar-refractivity contribution < 1.29 is 42.4 Å². The number of fused-ring (bicyclic) bond motifs is 2. The molecule has 2 N–H and O–H groups in total. The van der Waals surface area contributed by atoms with Crippen LogP contribution in [0.15, 0.2) is 48.5 Å². The Kier molecular flexibility index (Phi) is 8.03. The van der Waals surface area contributed by atoms with Crippen molar-refractivity contribution in [2.24, 2.45) is 0 Å². The van der Waals surface area contributed by atoms with E-state index in [4.69, 9.17) is 24.5 Å². The summed E-state index contributed by atoms with van der Waals surface area (Å²) in [6, 6.07) is 16.3. The van der Waals surface area contributed by atoms with Gasteiger partial charge in [-0.25, -0.2) is 4.79 Å². The third-order valence-electron chi connectivity index (χ3n) is 5.97. The first-order valence-corrected chi connectivity index (χ1v) is 10.8. The minimum absolute atomic E-state index is 0.0625. The third-order valence-corrected chi connectivity index (χ3v) is 5.97. The van der Waals surface area contributed by atoms with Crippen LogP contribution in [0.25, 0.3) is 0 Å². The molecule has 2 aliphatic heterocycles. The van der Waals surface area contributed by atoms with Crippen molar-refractivity contribution in [3.05, 3.63) is 59.7 Å². The van der Waals surface area contributed by atoms with Gasteiger partial charge in [-0.05, 0) is 37.6 Å². The van der Waals surface area contributed by atoms with Crippen molar-refractivity contribution in [3.63, 3.8) is 0 Å². The van der Waals surface area contributed by atoms with E-state index >= 15 is 0 Å². The van der Waals surface area contributed by atoms with Gasteiger partial charge < -0.3 is 24.6 Å². The maximum absolute atomic E-state index is 10.8. The van der Waals surface area contributed by atoms with Gasteiger partial charge in [-0.3, -0.25) is 4.79 Å². The van der Waals surface area contributed by atoms with E-state index in [1.54, 1.807) is 0 Å². The van der Waals surface area contributed by atoms with Crippen LogP contribution in [0.2, 0.25) is 0 Å². The summed E-state index contributed by atoms with van der Waals surface area (Å²) < 4.78 is 43.7. The molecule has 0 amide bonds. The van der Waals surface area contributed by atoms with Crippen LogP contribution < -0.4 is 9.47 Å². The number of piperidine rings is 1. The SMILES string of the molecule is O=C(O)C(F)(F)F.O=C(O)CCN1CCC2(CC1)COc1cc(OCc3ccccc3)ccc12. The smallest absolute Gasteiger partial charge is 0.490 e. The second-order valence-electron chi connectivity index (χ2n) is 8.29. The Morgan fingerprint density at radius 1 is 1.06 bits per heavy atom. The minimum Gasteiger partial charge on any atom is -0.492 e. The molecule has 0 aliphatic carbocycles. The van der Waals surface area contributed by atoms with Crippen LogP contribution in [0.5, 0.6) is 11.5 Å². The molecule has 184 valence electrons. The Balaban J connectivity index is 0.000000406. The van der Waals surface area contributed by atoms with Crippen LogP contribution in [0.1, 0.15) is 30.4 Å². The summed E-state index contributed by atoms with van der Waals surface area (Å²) in [5, 5.41) is 16.0. The number of hydrogen-bond acceptors (Lipinski definition) is 5. The highest BCUT2D eigenvalue weighted by atomic mass is 19.4. The van der Waals surface area contributed by atoms with E-state index < -0.39 is 18.1 Å². The summed E-state index contributed by atoms with van der Waals surface area (Å²) >= 11 is 0. The molecule has 2 aliphatic rings. The molecule has 0 saturated carbocycles. The number of halogens is 3. The molecule has 1 spiro atoms. The normalized spacial score (nSPS) is 16.7. The van der Waals surface area contributed by atoms with E-state index in [2.05, 4.69) is 23.1 Å². The highest BCUT2D eigenvalue weighted by molar-refractivity contribution is 5.73. The first kappa shape index (κ1) is 25.4. The van der Waals surface area contributed by atoms with E-state index in [9.17, 15) is 18.0 Å². The molecule has 10 heteroatoms. The quantitative estimate of drug-likeness (QED) is 0.641. The van der Waals surface area contributed by atoms with E-state index in [0.717, 1.165) is 43.0 Å². The molecule has 4 rings (SSSR count). The predicted octanol–water partition coefficient (Wildman–Crippen LogP) is 4.10. The maximum Gasteiger partial charge on any atom is 0.490 e. The van der Waals surface area contributed by atoms with Crippen LogP contribution in [-0.2, 0) is 21.6 Å². The standard InChI is InChI=1S/C22H25NO4.C2HF3O2/c24-21(25)8-11-23-12-9-22(10-13-23)16-27-20-14-18(6-7-19(20)22)26-15-17-4-2-1-3-5-17;3-2(4,5)1(6)7/h1-7,14H,8-13,15-16H2,(H,24,25);(H,6,7).